The van der Waals surface area contributed by atoms with Gasteiger partial charge < -0.3 is 9.84 Å². The molecular weight excluding hydrogens is 242 g/mol. The van der Waals surface area contributed by atoms with Crippen molar-refractivity contribution in [2.24, 2.45) is 5.92 Å². The molecule has 2 rings (SSSR count). The molecule has 1 aliphatic rings. The van der Waals surface area contributed by atoms with Gasteiger partial charge in [-0.2, -0.15) is 0 Å². The van der Waals surface area contributed by atoms with E-state index in [0.717, 1.165) is 37.5 Å². The number of nitrogens with zero attached hydrogens (tertiary/aromatic N) is 2. The Kier molecular flexibility index (Phi) is 3.94. The topological polar surface area (TPSA) is 58.4 Å². The van der Waals surface area contributed by atoms with Gasteiger partial charge in [0.2, 0.25) is 5.91 Å². The van der Waals surface area contributed by atoms with E-state index in [1.807, 2.05) is 33.8 Å². The largest absolute Gasteiger partial charge is 0.361 e. The second kappa shape index (κ2) is 5.33. The minimum absolute atomic E-state index is 0.0900. The van der Waals surface area contributed by atoms with E-state index in [4.69, 9.17) is 4.52 Å². The van der Waals surface area contributed by atoms with Crippen molar-refractivity contribution < 1.29 is 9.32 Å². The molecule has 1 unspecified atom stereocenters. The van der Waals surface area contributed by atoms with E-state index in [2.05, 4.69) is 15.4 Å². The van der Waals surface area contributed by atoms with Crippen molar-refractivity contribution in [1.82, 2.24) is 15.4 Å². The molecule has 1 saturated heterocycles. The minimum atomic E-state index is -0.159. The van der Waals surface area contributed by atoms with Crippen LogP contribution in [0.1, 0.15) is 38.6 Å². The third kappa shape index (κ3) is 4.06. The zero-order chi connectivity index (χ0) is 14.0. The Balaban J connectivity index is 1.84. The third-order valence-corrected chi connectivity index (χ3v) is 3.20. The van der Waals surface area contributed by atoms with Crippen LogP contribution in [0.3, 0.4) is 0 Å². The molecule has 1 aromatic rings. The molecule has 2 heterocycles. The van der Waals surface area contributed by atoms with Crippen molar-refractivity contribution >= 4 is 5.91 Å². The molecule has 5 heteroatoms. The Morgan fingerprint density at radius 3 is 2.89 bits per heavy atom. The first-order valence-electron chi connectivity index (χ1n) is 6.80. The van der Waals surface area contributed by atoms with Gasteiger partial charge in [0, 0.05) is 24.7 Å². The summed E-state index contributed by atoms with van der Waals surface area (Å²) >= 11 is 0. The van der Waals surface area contributed by atoms with E-state index >= 15 is 0 Å². The Morgan fingerprint density at radius 1 is 1.58 bits per heavy atom. The highest BCUT2D eigenvalue weighted by Gasteiger charge is 2.30. The monoisotopic (exact) mass is 265 g/mol. The molecule has 1 aliphatic heterocycles. The summed E-state index contributed by atoms with van der Waals surface area (Å²) in [6.45, 7) is 10.4. The summed E-state index contributed by atoms with van der Waals surface area (Å²) in [5.41, 5.74) is 0.780. The van der Waals surface area contributed by atoms with Crippen molar-refractivity contribution in [2.75, 3.05) is 13.1 Å². The molecule has 0 aliphatic carbocycles. The van der Waals surface area contributed by atoms with Crippen LogP contribution in [0.2, 0.25) is 0 Å². The van der Waals surface area contributed by atoms with Crippen molar-refractivity contribution in [3.63, 3.8) is 0 Å². The van der Waals surface area contributed by atoms with Crippen LogP contribution >= 0.6 is 0 Å². The lowest BCUT2D eigenvalue weighted by Crippen LogP contribution is -2.44. The molecule has 1 aromatic heterocycles. The van der Waals surface area contributed by atoms with Crippen LogP contribution < -0.4 is 5.32 Å². The van der Waals surface area contributed by atoms with Crippen molar-refractivity contribution in [1.29, 1.82) is 0 Å². The average molecular weight is 265 g/mol. The number of carbonyl (C=O) groups excluding carboxylic acids is 1. The fourth-order valence-electron chi connectivity index (χ4n) is 2.38. The summed E-state index contributed by atoms with van der Waals surface area (Å²) in [6, 6.07) is 1.95. The van der Waals surface area contributed by atoms with Crippen LogP contribution in [-0.4, -0.2) is 34.6 Å². The third-order valence-electron chi connectivity index (χ3n) is 3.20. The summed E-state index contributed by atoms with van der Waals surface area (Å²) in [5, 5.41) is 7.04. The molecule has 1 fully saturated rings. The molecular formula is C14H23N3O2. The number of rotatable bonds is 3. The second-order valence-corrected chi connectivity index (χ2v) is 6.39. The first-order valence-corrected chi connectivity index (χ1v) is 6.80. The summed E-state index contributed by atoms with van der Waals surface area (Å²) in [7, 11) is 0. The Bertz CT molecular complexity index is 448. The number of hydrogen-bond acceptors (Lipinski definition) is 4. The van der Waals surface area contributed by atoms with Crippen molar-refractivity contribution in [3.8, 4) is 0 Å². The van der Waals surface area contributed by atoms with Gasteiger partial charge in [-0.25, -0.2) is 0 Å². The first kappa shape index (κ1) is 14.1. The molecule has 5 nitrogen and oxygen atoms in total. The summed E-state index contributed by atoms with van der Waals surface area (Å²) in [6.07, 6.45) is 0.915. The van der Waals surface area contributed by atoms with Crippen molar-refractivity contribution in [2.45, 2.75) is 46.2 Å². The van der Waals surface area contributed by atoms with Gasteiger partial charge in [0.1, 0.15) is 5.76 Å². The molecule has 1 amide bonds. The Morgan fingerprint density at radius 2 is 2.32 bits per heavy atom. The first-order chi connectivity index (χ1) is 8.83. The highest BCUT2D eigenvalue weighted by atomic mass is 16.5. The summed E-state index contributed by atoms with van der Waals surface area (Å²) < 4.78 is 5.06. The van der Waals surface area contributed by atoms with Gasteiger partial charge in [0.15, 0.2) is 0 Å². The van der Waals surface area contributed by atoms with Gasteiger partial charge in [0.25, 0.3) is 0 Å². The highest BCUT2D eigenvalue weighted by molar-refractivity contribution is 5.79. The normalized spacial score (nSPS) is 20.7. The quantitative estimate of drug-likeness (QED) is 0.904. The van der Waals surface area contributed by atoms with Gasteiger partial charge in [-0.3, -0.25) is 9.69 Å². The average Bonchev–Trinajstić information content (AvgIpc) is 2.86. The van der Waals surface area contributed by atoms with E-state index in [0.29, 0.717) is 0 Å². The number of aryl methyl sites for hydroxylation is 1. The molecule has 1 atom stereocenters. The smallest absolute Gasteiger partial charge is 0.224 e. The number of hydrogen-bond donors (Lipinski definition) is 1. The molecule has 19 heavy (non-hydrogen) atoms. The van der Waals surface area contributed by atoms with Crippen LogP contribution in [0, 0.1) is 12.8 Å². The lowest BCUT2D eigenvalue weighted by atomic mass is 10.0. The van der Waals surface area contributed by atoms with Crippen LogP contribution in [-0.2, 0) is 11.3 Å². The van der Waals surface area contributed by atoms with Gasteiger partial charge in [-0.05, 0) is 40.7 Å². The number of likely N-dealkylation sites (tertiary alicyclic amines) is 1. The molecule has 0 bridgehead atoms. The van der Waals surface area contributed by atoms with Crippen LogP contribution in [0.25, 0.3) is 0 Å². The SMILES string of the molecule is Cc1cc(CN2CCC(C(=O)NC(C)(C)C)C2)no1. The van der Waals surface area contributed by atoms with Crippen LogP contribution in [0.15, 0.2) is 10.6 Å². The number of nitrogens with one attached hydrogen (secondary N) is 1. The maximum Gasteiger partial charge on any atom is 0.224 e. The van der Waals surface area contributed by atoms with Gasteiger partial charge in [-0.1, -0.05) is 5.16 Å². The molecule has 0 spiro atoms. The van der Waals surface area contributed by atoms with E-state index < -0.39 is 0 Å². The van der Waals surface area contributed by atoms with Crippen LogP contribution in [0.5, 0.6) is 0 Å². The van der Waals surface area contributed by atoms with Gasteiger partial charge in [-0.15, -0.1) is 0 Å². The van der Waals surface area contributed by atoms with Gasteiger partial charge in [0.05, 0.1) is 11.6 Å². The minimum Gasteiger partial charge on any atom is -0.361 e. The van der Waals surface area contributed by atoms with Gasteiger partial charge >= 0.3 is 0 Å². The predicted molar refractivity (Wildman–Crippen MR) is 72.5 cm³/mol. The molecule has 0 saturated carbocycles. The predicted octanol–water partition coefficient (Wildman–Crippen LogP) is 1.72. The Labute approximate surface area is 114 Å². The fourth-order valence-corrected chi connectivity index (χ4v) is 2.38. The van der Waals surface area contributed by atoms with E-state index in [-0.39, 0.29) is 17.4 Å². The second-order valence-electron chi connectivity index (χ2n) is 6.39. The summed E-state index contributed by atoms with van der Waals surface area (Å²) in [4.78, 5) is 14.3. The standard InChI is InChI=1S/C14H23N3O2/c1-10-7-12(16-19-10)9-17-6-5-11(8-17)13(18)15-14(2,3)4/h7,11H,5-6,8-9H2,1-4H3,(H,15,18). The van der Waals surface area contributed by atoms with Crippen molar-refractivity contribution in [3.05, 3.63) is 17.5 Å². The maximum atomic E-state index is 12.1. The molecule has 106 valence electrons. The van der Waals surface area contributed by atoms with E-state index in [1.54, 1.807) is 0 Å². The fraction of sp³-hybridized carbons (Fsp3) is 0.714. The molecule has 1 N–H and O–H groups in total. The van der Waals surface area contributed by atoms with Crippen LogP contribution in [0.4, 0.5) is 0 Å². The number of amides is 1. The number of carbonyl (C=O) groups is 1. The highest BCUT2D eigenvalue weighted by Crippen LogP contribution is 2.19. The van der Waals surface area contributed by atoms with E-state index in [9.17, 15) is 4.79 Å². The Hall–Kier alpha value is -1.36. The zero-order valence-corrected chi connectivity index (χ0v) is 12.2. The maximum absolute atomic E-state index is 12.1. The number of aromatic nitrogens is 1. The lowest BCUT2D eigenvalue weighted by molar-refractivity contribution is -0.126. The molecule has 0 aromatic carbocycles. The summed E-state index contributed by atoms with van der Waals surface area (Å²) in [5.74, 6) is 1.08. The van der Waals surface area contributed by atoms with E-state index in [1.165, 1.54) is 0 Å². The zero-order valence-electron chi connectivity index (χ0n) is 12.2. The molecule has 0 radical (unpaired) electrons. The lowest BCUT2D eigenvalue weighted by Gasteiger charge is -2.23.